The molecule has 0 radical (unpaired) electrons. The molecule has 7 rings (SSSR count). The Bertz CT molecular complexity index is 2010. The van der Waals surface area contributed by atoms with Crippen LogP contribution in [0, 0.1) is 0 Å². The van der Waals surface area contributed by atoms with Crippen LogP contribution in [0.3, 0.4) is 0 Å². The Kier molecular flexibility index (Phi) is 4.76. The van der Waals surface area contributed by atoms with Gasteiger partial charge in [0.2, 0.25) is 0 Å². The minimum absolute atomic E-state index is 0.598. The van der Waals surface area contributed by atoms with Crippen molar-refractivity contribution in [3.63, 3.8) is 0 Å². The third kappa shape index (κ3) is 3.29. The van der Waals surface area contributed by atoms with Crippen LogP contribution < -0.4 is 0 Å². The SMILES string of the molecule is C=Cc1c(N=C)nc2c3ccc(-c4ccc(-c5ccc6ccccc6c5)cc4)cc3c3ccccc3n12. The maximum atomic E-state index is 4.81. The van der Waals surface area contributed by atoms with Crippen molar-refractivity contribution in [3.05, 3.63) is 121 Å². The fraction of sp³-hybridized carbons (Fsp3) is 0. The summed E-state index contributed by atoms with van der Waals surface area (Å²) in [6, 6.07) is 39.0. The number of imidazole rings is 1. The van der Waals surface area contributed by atoms with Gasteiger partial charge in [-0.15, -0.1) is 0 Å². The predicted octanol–water partition coefficient (Wildman–Crippen LogP) is 9.10. The fourth-order valence-corrected chi connectivity index (χ4v) is 5.41. The van der Waals surface area contributed by atoms with Crippen LogP contribution in [-0.4, -0.2) is 16.1 Å². The van der Waals surface area contributed by atoms with Crippen molar-refractivity contribution < 1.29 is 0 Å². The summed E-state index contributed by atoms with van der Waals surface area (Å²) in [5.41, 5.74) is 7.58. The number of benzene rings is 5. The lowest BCUT2D eigenvalue weighted by Crippen LogP contribution is -1.93. The van der Waals surface area contributed by atoms with E-state index in [4.69, 9.17) is 4.98 Å². The Morgan fingerprint density at radius 2 is 1.27 bits per heavy atom. The third-order valence-corrected chi connectivity index (χ3v) is 7.23. The molecule has 174 valence electrons. The zero-order valence-corrected chi connectivity index (χ0v) is 20.2. The lowest BCUT2D eigenvalue weighted by Gasteiger charge is -2.11. The molecule has 0 spiro atoms. The topological polar surface area (TPSA) is 29.7 Å². The largest absolute Gasteiger partial charge is 0.290 e. The van der Waals surface area contributed by atoms with Crippen LogP contribution in [0.25, 0.3) is 66.4 Å². The van der Waals surface area contributed by atoms with Gasteiger partial charge in [-0.05, 0) is 75.5 Å². The number of hydrogen-bond acceptors (Lipinski definition) is 2. The number of hydrogen-bond donors (Lipinski definition) is 0. The molecule has 0 aliphatic carbocycles. The smallest absolute Gasteiger partial charge is 0.178 e. The molecule has 0 saturated carbocycles. The molecule has 2 aromatic heterocycles. The van der Waals surface area contributed by atoms with Gasteiger partial charge < -0.3 is 0 Å². The molecule has 3 heteroatoms. The van der Waals surface area contributed by atoms with Crippen molar-refractivity contribution in [2.45, 2.75) is 0 Å². The third-order valence-electron chi connectivity index (χ3n) is 7.23. The number of rotatable bonds is 4. The van der Waals surface area contributed by atoms with E-state index in [1.807, 2.05) is 0 Å². The van der Waals surface area contributed by atoms with Gasteiger partial charge in [-0.2, -0.15) is 0 Å². The molecule has 0 atom stereocenters. The summed E-state index contributed by atoms with van der Waals surface area (Å²) in [7, 11) is 0. The van der Waals surface area contributed by atoms with E-state index in [1.54, 1.807) is 6.08 Å². The Hall–Kier alpha value is -5.02. The van der Waals surface area contributed by atoms with E-state index in [2.05, 4.69) is 132 Å². The first-order chi connectivity index (χ1) is 18.2. The van der Waals surface area contributed by atoms with Crippen LogP contribution in [0.4, 0.5) is 5.82 Å². The Balaban J connectivity index is 1.38. The van der Waals surface area contributed by atoms with E-state index in [-0.39, 0.29) is 0 Å². The molecule has 0 aliphatic rings. The summed E-state index contributed by atoms with van der Waals surface area (Å²) in [4.78, 5) is 8.97. The van der Waals surface area contributed by atoms with Crippen LogP contribution in [0.1, 0.15) is 5.69 Å². The molecule has 0 unspecified atom stereocenters. The van der Waals surface area contributed by atoms with Gasteiger partial charge in [-0.1, -0.05) is 91.5 Å². The Morgan fingerprint density at radius 1 is 0.622 bits per heavy atom. The number of aromatic nitrogens is 2. The number of pyridine rings is 1. The highest BCUT2D eigenvalue weighted by Crippen LogP contribution is 2.36. The van der Waals surface area contributed by atoms with Gasteiger partial charge in [0.05, 0.1) is 11.2 Å². The standard InChI is InChI=1S/C34H23N3/c1-3-31-33(35-2)36-34-29-19-18-27(21-30(29)28-10-6-7-11-32(28)37(31)34)24-14-12-23(13-15-24)26-17-16-22-8-4-5-9-25(22)20-26/h3-21H,1-2H2. The molecule has 0 amide bonds. The van der Waals surface area contributed by atoms with Gasteiger partial charge >= 0.3 is 0 Å². The average Bonchev–Trinajstić information content (AvgIpc) is 3.36. The van der Waals surface area contributed by atoms with E-state index in [0.29, 0.717) is 5.82 Å². The monoisotopic (exact) mass is 473 g/mol. The zero-order chi connectivity index (χ0) is 24.9. The molecular weight excluding hydrogens is 450 g/mol. The molecule has 3 nitrogen and oxygen atoms in total. The molecule has 7 aromatic rings. The van der Waals surface area contributed by atoms with Gasteiger partial charge in [-0.25, -0.2) is 9.98 Å². The lowest BCUT2D eigenvalue weighted by atomic mass is 9.96. The van der Waals surface area contributed by atoms with Crippen molar-refractivity contribution in [3.8, 4) is 22.3 Å². The predicted molar refractivity (Wildman–Crippen MR) is 158 cm³/mol. The summed E-state index contributed by atoms with van der Waals surface area (Å²) in [6.07, 6.45) is 1.80. The van der Waals surface area contributed by atoms with Crippen molar-refractivity contribution >= 4 is 56.7 Å². The Morgan fingerprint density at radius 3 is 2.03 bits per heavy atom. The second kappa shape index (κ2) is 8.28. The van der Waals surface area contributed by atoms with Crippen LogP contribution >= 0.6 is 0 Å². The van der Waals surface area contributed by atoms with Crippen molar-refractivity contribution in [1.29, 1.82) is 0 Å². The normalized spacial score (nSPS) is 11.5. The van der Waals surface area contributed by atoms with Crippen molar-refractivity contribution in [2.24, 2.45) is 4.99 Å². The van der Waals surface area contributed by atoms with Crippen molar-refractivity contribution in [1.82, 2.24) is 9.38 Å². The van der Waals surface area contributed by atoms with Crippen LogP contribution in [-0.2, 0) is 0 Å². The van der Waals surface area contributed by atoms with E-state index >= 15 is 0 Å². The molecule has 5 aromatic carbocycles. The fourth-order valence-electron chi connectivity index (χ4n) is 5.41. The number of para-hydroxylation sites is 1. The summed E-state index contributed by atoms with van der Waals surface area (Å²) < 4.78 is 2.13. The quantitative estimate of drug-likeness (QED) is 0.185. The maximum absolute atomic E-state index is 4.81. The van der Waals surface area contributed by atoms with Gasteiger partial charge in [0.15, 0.2) is 5.82 Å². The first-order valence-electron chi connectivity index (χ1n) is 12.3. The molecule has 0 N–H and O–H groups in total. The molecule has 0 bridgehead atoms. The second-order valence-corrected chi connectivity index (χ2v) is 9.26. The summed E-state index contributed by atoms with van der Waals surface area (Å²) in [5.74, 6) is 0.598. The Labute approximate surface area is 214 Å². The van der Waals surface area contributed by atoms with Gasteiger partial charge in [-0.3, -0.25) is 4.40 Å². The number of aliphatic imine (C=N–C) groups is 1. The van der Waals surface area contributed by atoms with E-state index in [9.17, 15) is 0 Å². The summed E-state index contributed by atoms with van der Waals surface area (Å²) >= 11 is 0. The molecule has 0 saturated heterocycles. The van der Waals surface area contributed by atoms with E-state index < -0.39 is 0 Å². The average molecular weight is 474 g/mol. The second-order valence-electron chi connectivity index (χ2n) is 9.26. The summed E-state index contributed by atoms with van der Waals surface area (Å²) in [6.45, 7) is 7.72. The van der Waals surface area contributed by atoms with Crippen LogP contribution in [0.5, 0.6) is 0 Å². The first kappa shape index (κ1) is 21.3. The maximum Gasteiger partial charge on any atom is 0.178 e. The minimum Gasteiger partial charge on any atom is -0.290 e. The highest BCUT2D eigenvalue weighted by atomic mass is 15.1. The lowest BCUT2D eigenvalue weighted by molar-refractivity contribution is 1.25. The number of nitrogens with zero attached hydrogens (tertiary/aromatic N) is 3. The van der Waals surface area contributed by atoms with Crippen molar-refractivity contribution in [2.75, 3.05) is 0 Å². The molecule has 2 heterocycles. The van der Waals surface area contributed by atoms with Gasteiger partial charge in [0.25, 0.3) is 0 Å². The van der Waals surface area contributed by atoms with Crippen LogP contribution in [0.15, 0.2) is 121 Å². The van der Waals surface area contributed by atoms with Gasteiger partial charge in [0.1, 0.15) is 5.65 Å². The summed E-state index contributed by atoms with van der Waals surface area (Å²) in [5, 5.41) is 5.92. The molecule has 37 heavy (non-hydrogen) atoms. The highest BCUT2D eigenvalue weighted by molar-refractivity contribution is 6.13. The van der Waals surface area contributed by atoms with Crippen LogP contribution in [0.2, 0.25) is 0 Å². The zero-order valence-electron chi connectivity index (χ0n) is 20.2. The molecular formula is C34H23N3. The first-order valence-corrected chi connectivity index (χ1v) is 12.3. The number of fused-ring (bicyclic) bond motifs is 7. The minimum atomic E-state index is 0.598. The molecule has 0 aliphatic heterocycles. The highest BCUT2D eigenvalue weighted by Gasteiger charge is 2.16. The van der Waals surface area contributed by atoms with Gasteiger partial charge in [0, 0.05) is 10.8 Å². The van der Waals surface area contributed by atoms with E-state index in [1.165, 1.54) is 33.0 Å². The van der Waals surface area contributed by atoms with E-state index in [0.717, 1.165) is 33.0 Å². The molecule has 0 fully saturated rings.